The highest BCUT2D eigenvalue weighted by atomic mass is 32.2. The average molecular weight is 332 g/mol. The molecule has 6 heteroatoms. The number of hydrogen-bond acceptors (Lipinski definition) is 3. The third-order valence-corrected chi connectivity index (χ3v) is 5.00. The zero-order valence-electron chi connectivity index (χ0n) is 13.1. The summed E-state index contributed by atoms with van der Waals surface area (Å²) in [6.45, 7) is 1.99. The Morgan fingerprint density at radius 3 is 2.39 bits per heavy atom. The number of rotatable bonds is 6. The standard InChI is InChI=1S/C17H20N2O3S/c1-3-16(13-8-5-4-6-9-13)19-17(20)14-10-7-11-15(12-14)23(21,22)18-2/h4-12,16,18H,3H2,1-2H3,(H,19,20)/t16-/m0/s1. The zero-order chi connectivity index (χ0) is 16.9. The van der Waals surface area contributed by atoms with Crippen molar-refractivity contribution in [1.82, 2.24) is 10.0 Å². The van der Waals surface area contributed by atoms with Gasteiger partial charge in [0.15, 0.2) is 0 Å². The van der Waals surface area contributed by atoms with Gasteiger partial charge in [0.1, 0.15) is 0 Å². The van der Waals surface area contributed by atoms with Crippen LogP contribution in [0.1, 0.15) is 35.3 Å². The van der Waals surface area contributed by atoms with Crippen LogP contribution in [0.5, 0.6) is 0 Å². The molecule has 2 N–H and O–H groups in total. The third kappa shape index (κ3) is 4.18. The van der Waals surface area contributed by atoms with Gasteiger partial charge in [-0.2, -0.15) is 0 Å². The first-order chi connectivity index (χ1) is 11.0. The van der Waals surface area contributed by atoms with Crippen molar-refractivity contribution < 1.29 is 13.2 Å². The lowest BCUT2D eigenvalue weighted by Crippen LogP contribution is -2.28. The van der Waals surface area contributed by atoms with Crippen molar-refractivity contribution in [3.05, 3.63) is 65.7 Å². The van der Waals surface area contributed by atoms with Gasteiger partial charge in [0.2, 0.25) is 10.0 Å². The average Bonchev–Trinajstić information content (AvgIpc) is 2.60. The summed E-state index contributed by atoms with van der Waals surface area (Å²) < 4.78 is 25.9. The number of amides is 1. The van der Waals surface area contributed by atoms with Crippen molar-refractivity contribution in [1.29, 1.82) is 0 Å². The van der Waals surface area contributed by atoms with E-state index < -0.39 is 10.0 Å². The Kier molecular flexibility index (Phi) is 5.52. The summed E-state index contributed by atoms with van der Waals surface area (Å²) in [4.78, 5) is 12.5. The Hall–Kier alpha value is -2.18. The van der Waals surface area contributed by atoms with Gasteiger partial charge in [0.25, 0.3) is 5.91 Å². The number of benzene rings is 2. The Labute approximate surface area is 136 Å². The molecule has 122 valence electrons. The molecule has 0 aliphatic heterocycles. The summed E-state index contributed by atoms with van der Waals surface area (Å²) >= 11 is 0. The molecule has 2 aromatic carbocycles. The Bertz CT molecular complexity index is 773. The minimum absolute atomic E-state index is 0.0698. The minimum Gasteiger partial charge on any atom is -0.345 e. The quantitative estimate of drug-likeness (QED) is 0.853. The van der Waals surface area contributed by atoms with Gasteiger partial charge in [0, 0.05) is 5.56 Å². The van der Waals surface area contributed by atoms with Crippen molar-refractivity contribution >= 4 is 15.9 Å². The lowest BCUT2D eigenvalue weighted by Gasteiger charge is -2.17. The molecule has 0 radical (unpaired) electrons. The zero-order valence-corrected chi connectivity index (χ0v) is 13.9. The molecule has 0 heterocycles. The lowest BCUT2D eigenvalue weighted by atomic mass is 10.0. The molecule has 1 amide bonds. The van der Waals surface area contributed by atoms with Crippen LogP contribution in [-0.2, 0) is 10.0 Å². The van der Waals surface area contributed by atoms with Crippen LogP contribution in [-0.4, -0.2) is 21.4 Å². The Balaban J connectivity index is 2.22. The van der Waals surface area contributed by atoms with Gasteiger partial charge in [-0.1, -0.05) is 43.3 Å². The maximum atomic E-state index is 12.4. The molecule has 0 aliphatic rings. The van der Waals surface area contributed by atoms with E-state index in [2.05, 4.69) is 10.0 Å². The van der Waals surface area contributed by atoms with Crippen molar-refractivity contribution in [2.75, 3.05) is 7.05 Å². The molecule has 0 bridgehead atoms. The van der Waals surface area contributed by atoms with Gasteiger partial charge < -0.3 is 5.32 Å². The largest absolute Gasteiger partial charge is 0.345 e. The fourth-order valence-electron chi connectivity index (χ4n) is 2.27. The first kappa shape index (κ1) is 17.2. The molecule has 0 spiro atoms. The van der Waals surface area contributed by atoms with E-state index in [9.17, 15) is 13.2 Å². The summed E-state index contributed by atoms with van der Waals surface area (Å²) in [6.07, 6.45) is 0.740. The maximum absolute atomic E-state index is 12.4. The van der Waals surface area contributed by atoms with E-state index in [-0.39, 0.29) is 16.8 Å². The highest BCUT2D eigenvalue weighted by Crippen LogP contribution is 2.18. The molecule has 0 unspecified atom stereocenters. The SMILES string of the molecule is CC[C@H](NC(=O)c1cccc(S(=O)(=O)NC)c1)c1ccccc1. The number of sulfonamides is 1. The molecule has 2 aromatic rings. The van der Waals surface area contributed by atoms with Crippen LogP contribution in [0.2, 0.25) is 0 Å². The monoisotopic (exact) mass is 332 g/mol. The predicted octanol–water partition coefficient (Wildman–Crippen LogP) is 2.48. The lowest BCUT2D eigenvalue weighted by molar-refractivity contribution is 0.0935. The molecular formula is C17H20N2O3S. The Morgan fingerprint density at radius 1 is 1.09 bits per heavy atom. The summed E-state index contributed by atoms with van der Waals surface area (Å²) in [7, 11) is -2.23. The molecule has 23 heavy (non-hydrogen) atoms. The van der Waals surface area contributed by atoms with Crippen molar-refractivity contribution in [2.24, 2.45) is 0 Å². The van der Waals surface area contributed by atoms with Crippen LogP contribution >= 0.6 is 0 Å². The number of nitrogens with one attached hydrogen (secondary N) is 2. The van der Waals surface area contributed by atoms with Crippen LogP contribution in [0.15, 0.2) is 59.5 Å². The van der Waals surface area contributed by atoms with E-state index in [1.54, 1.807) is 12.1 Å². The van der Waals surface area contributed by atoms with Crippen LogP contribution in [0.4, 0.5) is 0 Å². The molecule has 0 aromatic heterocycles. The molecule has 0 saturated carbocycles. The molecule has 1 atom stereocenters. The van der Waals surface area contributed by atoms with E-state index in [0.29, 0.717) is 5.56 Å². The topological polar surface area (TPSA) is 75.3 Å². The van der Waals surface area contributed by atoms with E-state index in [1.165, 1.54) is 19.2 Å². The first-order valence-electron chi connectivity index (χ1n) is 7.37. The van der Waals surface area contributed by atoms with E-state index in [1.807, 2.05) is 37.3 Å². The minimum atomic E-state index is -3.57. The fourth-order valence-corrected chi connectivity index (χ4v) is 3.05. The fraction of sp³-hybridized carbons (Fsp3) is 0.235. The van der Waals surface area contributed by atoms with Crippen molar-refractivity contribution in [3.8, 4) is 0 Å². The second-order valence-electron chi connectivity index (χ2n) is 5.08. The second-order valence-corrected chi connectivity index (χ2v) is 6.97. The Morgan fingerprint density at radius 2 is 1.78 bits per heavy atom. The predicted molar refractivity (Wildman–Crippen MR) is 89.6 cm³/mol. The van der Waals surface area contributed by atoms with Gasteiger partial charge in [-0.25, -0.2) is 13.1 Å². The second kappa shape index (κ2) is 7.39. The number of hydrogen-bond donors (Lipinski definition) is 2. The third-order valence-electron chi connectivity index (χ3n) is 3.59. The van der Waals surface area contributed by atoms with E-state index in [4.69, 9.17) is 0 Å². The highest BCUT2D eigenvalue weighted by Gasteiger charge is 2.17. The molecule has 0 saturated heterocycles. The normalized spacial score (nSPS) is 12.6. The molecule has 5 nitrogen and oxygen atoms in total. The van der Waals surface area contributed by atoms with Gasteiger partial charge in [-0.15, -0.1) is 0 Å². The molecule has 0 aliphatic carbocycles. The van der Waals surface area contributed by atoms with Crippen molar-refractivity contribution in [2.45, 2.75) is 24.3 Å². The summed E-state index contributed by atoms with van der Waals surface area (Å²) in [6, 6.07) is 15.5. The van der Waals surface area contributed by atoms with Crippen LogP contribution < -0.4 is 10.0 Å². The molecular weight excluding hydrogens is 312 g/mol. The van der Waals surface area contributed by atoms with Gasteiger partial charge in [-0.3, -0.25) is 4.79 Å². The summed E-state index contributed by atoms with van der Waals surface area (Å²) in [5.41, 5.74) is 1.33. The van der Waals surface area contributed by atoms with Crippen LogP contribution in [0, 0.1) is 0 Å². The molecule has 2 rings (SSSR count). The van der Waals surface area contributed by atoms with Gasteiger partial charge in [-0.05, 0) is 37.2 Å². The van der Waals surface area contributed by atoms with Crippen LogP contribution in [0.3, 0.4) is 0 Å². The maximum Gasteiger partial charge on any atom is 0.251 e. The van der Waals surface area contributed by atoms with E-state index >= 15 is 0 Å². The van der Waals surface area contributed by atoms with Gasteiger partial charge >= 0.3 is 0 Å². The smallest absolute Gasteiger partial charge is 0.251 e. The van der Waals surface area contributed by atoms with E-state index in [0.717, 1.165) is 12.0 Å². The van der Waals surface area contributed by atoms with Crippen molar-refractivity contribution in [3.63, 3.8) is 0 Å². The van der Waals surface area contributed by atoms with Crippen LogP contribution in [0.25, 0.3) is 0 Å². The molecule has 0 fully saturated rings. The summed E-state index contributed by atoms with van der Waals surface area (Å²) in [5.74, 6) is -0.297. The first-order valence-corrected chi connectivity index (χ1v) is 8.85. The number of carbonyl (C=O) groups excluding carboxylic acids is 1. The summed E-state index contributed by atoms with van der Waals surface area (Å²) in [5, 5.41) is 2.94. The number of carbonyl (C=O) groups is 1. The van der Waals surface area contributed by atoms with Gasteiger partial charge in [0.05, 0.1) is 10.9 Å². The highest BCUT2D eigenvalue weighted by molar-refractivity contribution is 7.89.